The van der Waals surface area contributed by atoms with Gasteiger partial charge in [-0.3, -0.25) is 9.59 Å². The van der Waals surface area contributed by atoms with Crippen LogP contribution in [-0.4, -0.2) is 52.6 Å². The number of benzene rings is 1. The fourth-order valence-electron chi connectivity index (χ4n) is 4.18. The minimum atomic E-state index is -1.23. The number of cyclic esters (lactones) is 1. The monoisotopic (exact) mass is 405 g/mol. The van der Waals surface area contributed by atoms with Crippen LogP contribution in [0.3, 0.4) is 0 Å². The van der Waals surface area contributed by atoms with Crippen LogP contribution in [0.15, 0.2) is 30.9 Å². The first-order valence-electron chi connectivity index (χ1n) is 9.41. The van der Waals surface area contributed by atoms with E-state index in [0.29, 0.717) is 25.8 Å². The summed E-state index contributed by atoms with van der Waals surface area (Å²) in [5.74, 6) is -3.26. The minimum absolute atomic E-state index is 0.0186. The molecule has 29 heavy (non-hydrogen) atoms. The van der Waals surface area contributed by atoms with Crippen molar-refractivity contribution < 1.29 is 27.8 Å². The maximum absolute atomic E-state index is 14.3. The van der Waals surface area contributed by atoms with Gasteiger partial charge in [0.2, 0.25) is 0 Å². The number of hydrogen-bond acceptors (Lipinski definition) is 5. The predicted molar refractivity (Wildman–Crippen MR) is 97.2 cm³/mol. The van der Waals surface area contributed by atoms with Gasteiger partial charge in [0.15, 0.2) is 11.6 Å². The highest BCUT2D eigenvalue weighted by Crippen LogP contribution is 2.44. The van der Waals surface area contributed by atoms with Crippen LogP contribution in [-0.2, 0) is 16.1 Å². The average molecular weight is 405 g/mol. The number of piperidine rings is 1. The second-order valence-electron chi connectivity index (χ2n) is 7.50. The van der Waals surface area contributed by atoms with E-state index in [1.807, 2.05) is 4.57 Å². The molecule has 2 aromatic rings. The number of carbonyl (C=O) groups is 2. The zero-order valence-electron chi connectivity index (χ0n) is 15.9. The number of likely N-dealkylation sites (tertiary alicyclic amines) is 1. The van der Waals surface area contributed by atoms with E-state index < -0.39 is 28.5 Å². The Morgan fingerprint density at radius 2 is 2.10 bits per heavy atom. The van der Waals surface area contributed by atoms with Gasteiger partial charge in [0.25, 0.3) is 5.91 Å². The van der Waals surface area contributed by atoms with Gasteiger partial charge in [0.05, 0.1) is 25.4 Å². The van der Waals surface area contributed by atoms with Gasteiger partial charge in [0, 0.05) is 31.9 Å². The Morgan fingerprint density at radius 1 is 1.34 bits per heavy atom. The standard InChI is InChI=1S/C20H21F2N3O4/c1-28-15-3-2-14(21)17(22)16(15)18(26)25-7-4-20(5-8-25)10-13(29-19(20)27)11-24-9-6-23-12-24/h2-3,6,9,12-13H,4-5,7-8,10-11H2,1H3. The highest BCUT2D eigenvalue weighted by atomic mass is 19.2. The van der Waals surface area contributed by atoms with Gasteiger partial charge in [-0.15, -0.1) is 0 Å². The Balaban J connectivity index is 1.45. The van der Waals surface area contributed by atoms with Crippen LogP contribution in [0.4, 0.5) is 8.78 Å². The van der Waals surface area contributed by atoms with Crippen molar-refractivity contribution in [3.8, 4) is 5.75 Å². The molecule has 1 amide bonds. The van der Waals surface area contributed by atoms with Crippen LogP contribution in [0.1, 0.15) is 29.6 Å². The van der Waals surface area contributed by atoms with E-state index in [1.54, 1.807) is 18.7 Å². The first-order chi connectivity index (χ1) is 13.9. The zero-order valence-corrected chi connectivity index (χ0v) is 15.9. The number of halogens is 2. The SMILES string of the molecule is COc1ccc(F)c(F)c1C(=O)N1CCC2(CC1)CC(Cn1ccnc1)OC2=O. The fraction of sp³-hybridized carbons (Fsp3) is 0.450. The van der Waals surface area contributed by atoms with Crippen LogP contribution in [0, 0.1) is 17.0 Å². The molecule has 2 aliphatic rings. The third kappa shape index (κ3) is 3.45. The Bertz CT molecular complexity index is 924. The molecule has 2 saturated heterocycles. The molecule has 2 fully saturated rings. The van der Waals surface area contributed by atoms with Gasteiger partial charge in [0.1, 0.15) is 17.4 Å². The van der Waals surface area contributed by atoms with Crippen molar-refractivity contribution in [3.63, 3.8) is 0 Å². The molecule has 9 heteroatoms. The van der Waals surface area contributed by atoms with E-state index >= 15 is 0 Å². The van der Waals surface area contributed by atoms with E-state index in [9.17, 15) is 18.4 Å². The molecule has 1 aromatic heterocycles. The summed E-state index contributed by atoms with van der Waals surface area (Å²) in [6, 6.07) is 2.15. The van der Waals surface area contributed by atoms with E-state index in [4.69, 9.17) is 9.47 Å². The number of imidazole rings is 1. The molecule has 0 radical (unpaired) electrons. The largest absolute Gasteiger partial charge is 0.496 e. The number of nitrogens with zero attached hydrogens (tertiary/aromatic N) is 3. The Hall–Kier alpha value is -2.97. The van der Waals surface area contributed by atoms with Crippen molar-refractivity contribution in [2.24, 2.45) is 5.41 Å². The number of ether oxygens (including phenoxy) is 2. The first-order valence-corrected chi connectivity index (χ1v) is 9.41. The summed E-state index contributed by atoms with van der Waals surface area (Å²) in [5, 5.41) is 0. The van der Waals surface area contributed by atoms with E-state index in [1.165, 1.54) is 18.1 Å². The van der Waals surface area contributed by atoms with Crippen molar-refractivity contribution in [2.75, 3.05) is 20.2 Å². The molecule has 0 bridgehead atoms. The molecular weight excluding hydrogens is 384 g/mol. The normalized spacial score (nSPS) is 20.7. The van der Waals surface area contributed by atoms with Gasteiger partial charge >= 0.3 is 5.97 Å². The van der Waals surface area contributed by atoms with E-state index in [2.05, 4.69) is 4.98 Å². The quantitative estimate of drug-likeness (QED) is 0.731. The third-order valence-electron chi connectivity index (χ3n) is 5.80. The number of amides is 1. The Kier molecular flexibility index (Phi) is 4.97. The number of rotatable bonds is 4. The van der Waals surface area contributed by atoms with Gasteiger partial charge in [-0.1, -0.05) is 0 Å². The predicted octanol–water partition coefficient (Wildman–Crippen LogP) is 2.41. The second kappa shape index (κ2) is 7.46. The van der Waals surface area contributed by atoms with Crippen LogP contribution in [0.25, 0.3) is 0 Å². The molecule has 2 aliphatic heterocycles. The molecule has 1 atom stereocenters. The van der Waals surface area contributed by atoms with Crippen molar-refractivity contribution in [2.45, 2.75) is 31.9 Å². The molecule has 1 aromatic carbocycles. The molecule has 1 spiro atoms. The maximum Gasteiger partial charge on any atom is 0.312 e. The van der Waals surface area contributed by atoms with Gasteiger partial charge in [-0.2, -0.15) is 0 Å². The van der Waals surface area contributed by atoms with Crippen LogP contribution in [0.2, 0.25) is 0 Å². The highest BCUT2D eigenvalue weighted by Gasteiger charge is 2.51. The molecule has 0 saturated carbocycles. The Morgan fingerprint density at radius 3 is 2.76 bits per heavy atom. The second-order valence-corrected chi connectivity index (χ2v) is 7.50. The van der Waals surface area contributed by atoms with Crippen LogP contribution >= 0.6 is 0 Å². The summed E-state index contributed by atoms with van der Waals surface area (Å²) < 4.78 is 40.3. The van der Waals surface area contributed by atoms with Gasteiger partial charge in [-0.25, -0.2) is 13.8 Å². The lowest BCUT2D eigenvalue weighted by atomic mass is 9.76. The molecule has 3 heterocycles. The minimum Gasteiger partial charge on any atom is -0.496 e. The number of hydrogen-bond donors (Lipinski definition) is 0. The van der Waals surface area contributed by atoms with Crippen molar-refractivity contribution >= 4 is 11.9 Å². The summed E-state index contributed by atoms with van der Waals surface area (Å²) in [6.45, 7) is 1.04. The highest BCUT2D eigenvalue weighted by molar-refractivity contribution is 5.97. The number of methoxy groups -OCH3 is 1. The third-order valence-corrected chi connectivity index (χ3v) is 5.80. The van der Waals surface area contributed by atoms with Gasteiger partial charge in [-0.05, 0) is 25.0 Å². The van der Waals surface area contributed by atoms with Crippen LogP contribution in [0.5, 0.6) is 5.75 Å². The lowest BCUT2D eigenvalue weighted by molar-refractivity contribution is -0.150. The topological polar surface area (TPSA) is 73.7 Å². The van der Waals surface area contributed by atoms with Crippen LogP contribution < -0.4 is 4.74 Å². The average Bonchev–Trinajstić information content (AvgIpc) is 3.32. The summed E-state index contributed by atoms with van der Waals surface area (Å²) in [5.41, 5.74) is -1.07. The summed E-state index contributed by atoms with van der Waals surface area (Å²) >= 11 is 0. The van der Waals surface area contributed by atoms with Crippen molar-refractivity contribution in [3.05, 3.63) is 48.1 Å². The molecule has 7 nitrogen and oxygen atoms in total. The smallest absolute Gasteiger partial charge is 0.312 e. The first kappa shape index (κ1) is 19.4. The molecule has 4 rings (SSSR count). The molecular formula is C20H21F2N3O4. The molecule has 0 aliphatic carbocycles. The number of aromatic nitrogens is 2. The lowest BCUT2D eigenvalue weighted by Gasteiger charge is -2.36. The Labute approximate surface area is 166 Å². The maximum atomic E-state index is 14.3. The fourth-order valence-corrected chi connectivity index (χ4v) is 4.18. The number of carbonyl (C=O) groups excluding carboxylic acids is 2. The molecule has 1 unspecified atom stereocenters. The number of esters is 1. The zero-order chi connectivity index (χ0) is 20.6. The summed E-state index contributed by atoms with van der Waals surface area (Å²) in [4.78, 5) is 30.8. The van der Waals surface area contributed by atoms with E-state index in [0.717, 1.165) is 6.07 Å². The summed E-state index contributed by atoms with van der Waals surface area (Å²) in [6.07, 6.45) is 6.27. The summed E-state index contributed by atoms with van der Waals surface area (Å²) in [7, 11) is 1.30. The lowest BCUT2D eigenvalue weighted by Crippen LogP contribution is -2.45. The van der Waals surface area contributed by atoms with Crippen molar-refractivity contribution in [1.82, 2.24) is 14.5 Å². The van der Waals surface area contributed by atoms with Gasteiger partial charge < -0.3 is 18.9 Å². The van der Waals surface area contributed by atoms with E-state index in [-0.39, 0.29) is 30.9 Å². The molecule has 0 N–H and O–H groups in total. The van der Waals surface area contributed by atoms with Crippen molar-refractivity contribution in [1.29, 1.82) is 0 Å². The molecule has 154 valence electrons.